The topological polar surface area (TPSA) is 21.3 Å². The fraction of sp³-hybridized carbons (Fsp3) is 1.00. The smallest absolute Gasteiger partial charge is 0.381 e. The summed E-state index contributed by atoms with van der Waals surface area (Å²) in [4.78, 5) is 0. The molecule has 1 aliphatic heterocycles. The van der Waals surface area contributed by atoms with Gasteiger partial charge in [-0.1, -0.05) is 0 Å². The van der Waals surface area contributed by atoms with Crippen LogP contribution in [-0.2, 0) is 4.74 Å². The van der Waals surface area contributed by atoms with Crippen molar-refractivity contribution in [2.24, 2.45) is 5.92 Å². The molecule has 0 saturated carbocycles. The zero-order valence-corrected chi connectivity index (χ0v) is 8.23. The lowest BCUT2D eigenvalue weighted by Gasteiger charge is -2.30. The van der Waals surface area contributed by atoms with Gasteiger partial charge in [-0.2, -0.15) is 13.2 Å². The third-order valence-electron chi connectivity index (χ3n) is 2.66. The molecule has 84 valence electrons. The first-order valence-corrected chi connectivity index (χ1v) is 4.84. The molecule has 1 aliphatic rings. The van der Waals surface area contributed by atoms with Crippen LogP contribution < -0.4 is 5.32 Å². The Hall–Kier alpha value is -0.290. The Morgan fingerprint density at radius 1 is 1.36 bits per heavy atom. The Morgan fingerprint density at radius 2 is 1.93 bits per heavy atom. The highest BCUT2D eigenvalue weighted by molar-refractivity contribution is 4.79. The van der Waals surface area contributed by atoms with E-state index in [1.54, 1.807) is 7.05 Å². The van der Waals surface area contributed by atoms with Crippen molar-refractivity contribution < 1.29 is 17.9 Å². The number of alkyl halides is 3. The molecule has 0 aliphatic carbocycles. The molecule has 1 N–H and O–H groups in total. The maximum Gasteiger partial charge on any atom is 0.390 e. The van der Waals surface area contributed by atoms with Crippen LogP contribution >= 0.6 is 0 Å². The predicted molar refractivity (Wildman–Crippen MR) is 47.1 cm³/mol. The van der Waals surface area contributed by atoms with Crippen molar-refractivity contribution in [2.45, 2.75) is 31.5 Å². The molecule has 1 unspecified atom stereocenters. The highest BCUT2D eigenvalue weighted by atomic mass is 19.4. The molecule has 14 heavy (non-hydrogen) atoms. The van der Waals surface area contributed by atoms with Gasteiger partial charge in [-0.3, -0.25) is 0 Å². The van der Waals surface area contributed by atoms with E-state index in [0.29, 0.717) is 13.2 Å². The summed E-state index contributed by atoms with van der Waals surface area (Å²) in [5.74, 6) is 0.0929. The van der Waals surface area contributed by atoms with Gasteiger partial charge in [-0.15, -0.1) is 0 Å². The minimum Gasteiger partial charge on any atom is -0.381 e. The second kappa shape index (κ2) is 4.98. The van der Waals surface area contributed by atoms with Gasteiger partial charge in [-0.05, 0) is 25.8 Å². The average molecular weight is 211 g/mol. The molecule has 0 bridgehead atoms. The van der Waals surface area contributed by atoms with Crippen LogP contribution in [-0.4, -0.2) is 32.5 Å². The van der Waals surface area contributed by atoms with Gasteiger partial charge >= 0.3 is 6.18 Å². The van der Waals surface area contributed by atoms with Gasteiger partial charge in [0, 0.05) is 19.3 Å². The summed E-state index contributed by atoms with van der Waals surface area (Å²) in [6.07, 6.45) is -3.37. The highest BCUT2D eigenvalue weighted by Crippen LogP contribution is 2.28. The zero-order valence-electron chi connectivity index (χ0n) is 8.23. The van der Waals surface area contributed by atoms with Gasteiger partial charge in [0.2, 0.25) is 0 Å². The van der Waals surface area contributed by atoms with Crippen LogP contribution in [0.2, 0.25) is 0 Å². The van der Waals surface area contributed by atoms with Gasteiger partial charge in [0.1, 0.15) is 0 Å². The van der Waals surface area contributed by atoms with Gasteiger partial charge < -0.3 is 10.1 Å². The van der Waals surface area contributed by atoms with Gasteiger partial charge in [-0.25, -0.2) is 0 Å². The Morgan fingerprint density at radius 3 is 2.36 bits per heavy atom. The van der Waals surface area contributed by atoms with Crippen LogP contribution in [0.5, 0.6) is 0 Å². The number of nitrogens with one attached hydrogen (secondary N) is 1. The standard InChI is InChI=1S/C9H16F3NO/c1-13-8(6-9(10,11)12)7-2-4-14-5-3-7/h7-8,13H,2-6H2,1H3. The van der Waals surface area contributed by atoms with Crippen molar-refractivity contribution in [1.82, 2.24) is 5.32 Å². The number of halogens is 3. The molecule has 0 aromatic rings. The third kappa shape index (κ3) is 3.84. The molecule has 2 nitrogen and oxygen atoms in total. The van der Waals surface area contributed by atoms with E-state index in [-0.39, 0.29) is 5.92 Å². The highest BCUT2D eigenvalue weighted by Gasteiger charge is 2.35. The first-order valence-electron chi connectivity index (χ1n) is 4.84. The van der Waals surface area contributed by atoms with E-state index < -0.39 is 18.6 Å². The van der Waals surface area contributed by atoms with Crippen LogP contribution in [0.25, 0.3) is 0 Å². The number of ether oxygens (including phenoxy) is 1. The van der Waals surface area contributed by atoms with Crippen LogP contribution in [0.4, 0.5) is 13.2 Å². The fourth-order valence-corrected chi connectivity index (χ4v) is 1.87. The van der Waals surface area contributed by atoms with Crippen molar-refractivity contribution in [3.05, 3.63) is 0 Å². The summed E-state index contributed by atoms with van der Waals surface area (Å²) < 4.78 is 41.6. The maximum absolute atomic E-state index is 12.2. The second-order valence-corrected chi connectivity index (χ2v) is 3.66. The van der Waals surface area contributed by atoms with Crippen LogP contribution in [0.3, 0.4) is 0 Å². The molecule has 0 aromatic carbocycles. The molecule has 0 amide bonds. The molecule has 1 fully saturated rings. The first-order chi connectivity index (χ1) is 6.53. The Kier molecular flexibility index (Phi) is 4.19. The van der Waals surface area contributed by atoms with Gasteiger partial charge in [0.05, 0.1) is 6.42 Å². The summed E-state index contributed by atoms with van der Waals surface area (Å²) in [5, 5.41) is 2.75. The number of hydrogen-bond acceptors (Lipinski definition) is 2. The summed E-state index contributed by atoms with van der Waals surface area (Å²) in [7, 11) is 1.59. The van der Waals surface area contributed by atoms with Crippen LogP contribution in [0.15, 0.2) is 0 Å². The second-order valence-electron chi connectivity index (χ2n) is 3.66. The molecule has 1 saturated heterocycles. The predicted octanol–water partition coefficient (Wildman–Crippen LogP) is 1.95. The zero-order chi connectivity index (χ0) is 10.6. The lowest BCUT2D eigenvalue weighted by Crippen LogP contribution is -2.40. The molecule has 1 rings (SSSR count). The minimum atomic E-state index is -4.08. The fourth-order valence-electron chi connectivity index (χ4n) is 1.87. The van der Waals surface area contributed by atoms with Crippen LogP contribution in [0.1, 0.15) is 19.3 Å². The quantitative estimate of drug-likeness (QED) is 0.770. The average Bonchev–Trinajstić information content (AvgIpc) is 2.14. The minimum absolute atomic E-state index is 0.0929. The van der Waals surface area contributed by atoms with Crippen molar-refractivity contribution in [1.29, 1.82) is 0 Å². The molecule has 0 radical (unpaired) electrons. The lowest BCUT2D eigenvalue weighted by atomic mass is 9.90. The maximum atomic E-state index is 12.2. The van der Waals surface area contributed by atoms with E-state index in [0.717, 1.165) is 12.8 Å². The van der Waals surface area contributed by atoms with E-state index in [1.165, 1.54) is 0 Å². The van der Waals surface area contributed by atoms with Crippen molar-refractivity contribution in [3.8, 4) is 0 Å². The van der Waals surface area contributed by atoms with E-state index in [1.807, 2.05) is 0 Å². The van der Waals surface area contributed by atoms with Crippen molar-refractivity contribution in [3.63, 3.8) is 0 Å². The number of hydrogen-bond donors (Lipinski definition) is 1. The Balaban J connectivity index is 2.43. The number of rotatable bonds is 3. The molecular formula is C9H16F3NO. The molecule has 1 heterocycles. The summed E-state index contributed by atoms with van der Waals surface area (Å²) in [5.41, 5.74) is 0. The summed E-state index contributed by atoms with van der Waals surface area (Å²) in [6.45, 7) is 1.17. The first kappa shape index (κ1) is 11.8. The van der Waals surface area contributed by atoms with Crippen molar-refractivity contribution >= 4 is 0 Å². The molecule has 1 atom stereocenters. The van der Waals surface area contributed by atoms with E-state index in [2.05, 4.69) is 5.32 Å². The Bertz CT molecular complexity index is 166. The SMILES string of the molecule is CNC(CC(F)(F)F)C1CCOCC1. The summed E-state index contributed by atoms with van der Waals surface area (Å²) >= 11 is 0. The van der Waals surface area contributed by atoms with E-state index >= 15 is 0 Å². The normalized spacial score (nSPS) is 22.3. The van der Waals surface area contributed by atoms with E-state index in [9.17, 15) is 13.2 Å². The molecule has 5 heteroatoms. The van der Waals surface area contributed by atoms with Crippen molar-refractivity contribution in [2.75, 3.05) is 20.3 Å². The van der Waals surface area contributed by atoms with E-state index in [4.69, 9.17) is 4.74 Å². The Labute approximate surface area is 81.8 Å². The molecular weight excluding hydrogens is 195 g/mol. The van der Waals surface area contributed by atoms with Gasteiger partial charge in [0.15, 0.2) is 0 Å². The third-order valence-corrected chi connectivity index (χ3v) is 2.66. The molecule has 0 aromatic heterocycles. The largest absolute Gasteiger partial charge is 0.390 e. The molecule has 0 spiro atoms. The summed E-state index contributed by atoms with van der Waals surface area (Å²) in [6, 6.07) is -0.459. The lowest BCUT2D eigenvalue weighted by molar-refractivity contribution is -0.144. The monoisotopic (exact) mass is 211 g/mol. The van der Waals surface area contributed by atoms with Crippen LogP contribution in [0, 0.1) is 5.92 Å². The van der Waals surface area contributed by atoms with Gasteiger partial charge in [0.25, 0.3) is 0 Å².